The summed E-state index contributed by atoms with van der Waals surface area (Å²) in [5.74, 6) is 0.807. The first-order valence-corrected chi connectivity index (χ1v) is 13.9. The van der Waals surface area contributed by atoms with Crippen LogP contribution >= 0.6 is 0 Å². The van der Waals surface area contributed by atoms with Crippen LogP contribution in [0.3, 0.4) is 0 Å². The third-order valence-electron chi connectivity index (χ3n) is 6.77. The number of hydrogen-bond donors (Lipinski definition) is 1. The molecule has 0 amide bonds. The molecule has 1 N–H and O–H groups in total. The minimum atomic E-state index is -3.24. The number of ketones is 1. The highest BCUT2D eigenvalue weighted by atomic mass is 32.2. The molecule has 0 spiro atoms. The van der Waals surface area contributed by atoms with E-state index in [1.54, 1.807) is 0 Å². The number of aryl methyl sites for hydroxylation is 2. The first kappa shape index (κ1) is 28.1. The van der Waals surface area contributed by atoms with E-state index in [0.717, 1.165) is 35.3 Å². The number of ether oxygens (including phenoxy) is 1. The average Bonchev–Trinajstić information content (AvgIpc) is 2.74. The molecule has 0 bridgehead atoms. The lowest BCUT2D eigenvalue weighted by molar-refractivity contribution is -0.132. The second-order valence-corrected chi connectivity index (χ2v) is 12.2. The van der Waals surface area contributed by atoms with Crippen molar-refractivity contribution in [3.8, 4) is 5.75 Å². The fraction of sp³-hybridized carbons (Fsp3) is 0.536. The fourth-order valence-corrected chi connectivity index (χ4v) is 4.98. The highest BCUT2D eigenvalue weighted by Crippen LogP contribution is 2.41. The van der Waals surface area contributed by atoms with Crippen LogP contribution in [0, 0.1) is 19.3 Å². The zero-order chi connectivity index (χ0) is 25.9. The highest BCUT2D eigenvalue weighted by Gasteiger charge is 2.32. The molecular formula is C28H41NO4S. The molecule has 188 valence electrons. The first-order valence-electron chi connectivity index (χ1n) is 12.0. The van der Waals surface area contributed by atoms with Crippen LogP contribution < -0.4 is 9.46 Å². The van der Waals surface area contributed by atoms with Crippen LogP contribution in [-0.2, 0) is 26.8 Å². The van der Waals surface area contributed by atoms with E-state index in [0.29, 0.717) is 0 Å². The molecule has 2 aromatic carbocycles. The van der Waals surface area contributed by atoms with Crippen LogP contribution in [-0.4, -0.2) is 26.6 Å². The second-order valence-electron chi connectivity index (χ2n) is 10.4. The van der Waals surface area contributed by atoms with Crippen molar-refractivity contribution in [3.63, 3.8) is 0 Å². The third-order valence-corrected chi connectivity index (χ3v) is 7.44. The quantitative estimate of drug-likeness (QED) is 0.457. The van der Waals surface area contributed by atoms with Crippen molar-refractivity contribution >= 4 is 15.8 Å². The minimum absolute atomic E-state index is 0.0772. The van der Waals surface area contributed by atoms with Gasteiger partial charge in [0.25, 0.3) is 0 Å². The summed E-state index contributed by atoms with van der Waals surface area (Å²) in [7, 11) is -3.24. The molecule has 0 saturated carbocycles. The van der Waals surface area contributed by atoms with Crippen molar-refractivity contribution in [2.75, 3.05) is 6.26 Å². The van der Waals surface area contributed by atoms with E-state index in [9.17, 15) is 13.2 Å². The number of hydrogen-bond acceptors (Lipinski definition) is 4. The first-order chi connectivity index (χ1) is 15.6. The maximum atomic E-state index is 12.6. The molecule has 0 aliphatic heterocycles. The van der Waals surface area contributed by atoms with Crippen molar-refractivity contribution < 1.29 is 17.9 Å². The van der Waals surface area contributed by atoms with Crippen molar-refractivity contribution in [1.29, 1.82) is 0 Å². The van der Waals surface area contributed by atoms with Crippen molar-refractivity contribution in [2.24, 2.45) is 5.41 Å². The molecule has 1 unspecified atom stereocenters. The van der Waals surface area contributed by atoms with E-state index < -0.39 is 21.5 Å². The summed E-state index contributed by atoms with van der Waals surface area (Å²) in [6, 6.07) is 12.6. The molecule has 5 nitrogen and oxygen atoms in total. The third kappa shape index (κ3) is 6.48. The smallest absolute Gasteiger partial charge is 0.209 e. The Kier molecular flexibility index (Phi) is 8.76. The van der Waals surface area contributed by atoms with Crippen molar-refractivity contribution in [1.82, 2.24) is 4.72 Å². The molecule has 2 aromatic rings. The Morgan fingerprint density at radius 3 is 1.94 bits per heavy atom. The second kappa shape index (κ2) is 10.6. The Balaban J connectivity index is 2.39. The Labute approximate surface area is 206 Å². The number of benzene rings is 2. The summed E-state index contributed by atoms with van der Waals surface area (Å²) in [6.45, 7) is 16.3. The summed E-state index contributed by atoms with van der Waals surface area (Å²) < 4.78 is 31.6. The molecule has 0 radical (unpaired) electrons. The SMILES string of the molecule is CCC(CC)(c1ccc(CNS(C)(=O)=O)c(C)c1)c1ccc(OC(C)C(=O)C(C)(C)C)c(C)c1. The highest BCUT2D eigenvalue weighted by molar-refractivity contribution is 7.88. The molecule has 0 aliphatic rings. The molecule has 0 aromatic heterocycles. The van der Waals surface area contributed by atoms with Gasteiger partial charge >= 0.3 is 0 Å². The summed E-state index contributed by atoms with van der Waals surface area (Å²) in [6.07, 6.45) is 2.50. The van der Waals surface area contributed by atoms with E-state index in [4.69, 9.17) is 4.74 Å². The lowest BCUT2D eigenvalue weighted by Gasteiger charge is -2.34. The summed E-state index contributed by atoms with van der Waals surface area (Å²) >= 11 is 0. The van der Waals surface area contributed by atoms with Gasteiger partial charge in [0.15, 0.2) is 11.9 Å². The topological polar surface area (TPSA) is 72.5 Å². The number of carbonyl (C=O) groups excluding carboxylic acids is 1. The zero-order valence-electron chi connectivity index (χ0n) is 22.2. The fourth-order valence-electron chi connectivity index (χ4n) is 4.57. The van der Waals surface area contributed by atoms with Gasteiger partial charge in [-0.2, -0.15) is 0 Å². The average molecular weight is 488 g/mol. The Morgan fingerprint density at radius 2 is 1.50 bits per heavy atom. The lowest BCUT2D eigenvalue weighted by atomic mass is 9.70. The Bertz CT molecular complexity index is 1130. The number of Topliss-reactive ketones (excluding diaryl/α,β-unsaturated/α-hetero) is 1. The normalized spacial score (nSPS) is 13.6. The lowest BCUT2D eigenvalue weighted by Crippen LogP contribution is -2.34. The molecule has 1 atom stereocenters. The number of nitrogens with one attached hydrogen (secondary N) is 1. The van der Waals surface area contributed by atoms with Crippen molar-refractivity contribution in [3.05, 3.63) is 64.2 Å². The van der Waals surface area contributed by atoms with Gasteiger partial charge in [0, 0.05) is 17.4 Å². The van der Waals surface area contributed by atoms with E-state index in [2.05, 4.69) is 42.8 Å². The molecule has 34 heavy (non-hydrogen) atoms. The standard InChI is InChI=1S/C28H41NO4S/c1-10-28(11-2,23-13-12-22(19(3)16-23)18-29-34(9,31)32)24-14-15-25(20(4)17-24)33-21(5)26(30)27(6,7)8/h12-17,21,29H,10-11,18H2,1-9H3. The predicted molar refractivity (Wildman–Crippen MR) is 140 cm³/mol. The molecule has 6 heteroatoms. The summed E-state index contributed by atoms with van der Waals surface area (Å²) in [5, 5.41) is 0. The maximum absolute atomic E-state index is 12.6. The van der Waals surface area contributed by atoms with Gasteiger partial charge in [-0.05, 0) is 67.5 Å². The van der Waals surface area contributed by atoms with E-state index >= 15 is 0 Å². The van der Waals surface area contributed by atoms with Gasteiger partial charge in [0.1, 0.15) is 5.75 Å². The van der Waals surface area contributed by atoms with Gasteiger partial charge in [-0.25, -0.2) is 13.1 Å². The summed E-state index contributed by atoms with van der Waals surface area (Å²) in [5.41, 5.74) is 4.82. The monoisotopic (exact) mass is 487 g/mol. The van der Waals surface area contributed by atoms with E-state index in [1.807, 2.05) is 53.7 Å². The minimum Gasteiger partial charge on any atom is -0.483 e. The molecule has 0 aliphatic carbocycles. The summed E-state index contributed by atoms with van der Waals surface area (Å²) in [4.78, 5) is 12.6. The van der Waals surface area contributed by atoms with Crippen LogP contribution in [0.4, 0.5) is 0 Å². The maximum Gasteiger partial charge on any atom is 0.209 e. The van der Waals surface area contributed by atoms with E-state index in [-0.39, 0.29) is 17.7 Å². The van der Waals surface area contributed by atoms with Gasteiger partial charge in [-0.15, -0.1) is 0 Å². The van der Waals surface area contributed by atoms with Gasteiger partial charge < -0.3 is 4.74 Å². The largest absolute Gasteiger partial charge is 0.483 e. The predicted octanol–water partition coefficient (Wildman–Crippen LogP) is 5.84. The van der Waals surface area contributed by atoms with Gasteiger partial charge in [0.2, 0.25) is 10.0 Å². The molecule has 0 heterocycles. The van der Waals surface area contributed by atoms with Crippen molar-refractivity contribution in [2.45, 2.75) is 86.3 Å². The number of sulfonamides is 1. The van der Waals surface area contributed by atoms with E-state index in [1.165, 1.54) is 17.4 Å². The zero-order valence-corrected chi connectivity index (χ0v) is 23.0. The van der Waals surface area contributed by atoms with Crippen LogP contribution in [0.25, 0.3) is 0 Å². The van der Waals surface area contributed by atoms with Gasteiger partial charge in [-0.1, -0.05) is 65.0 Å². The van der Waals surface area contributed by atoms with Gasteiger partial charge in [0.05, 0.1) is 6.26 Å². The Morgan fingerprint density at radius 1 is 0.971 bits per heavy atom. The van der Waals surface area contributed by atoms with Crippen LogP contribution in [0.2, 0.25) is 0 Å². The molecule has 0 saturated heterocycles. The van der Waals surface area contributed by atoms with Crippen LogP contribution in [0.5, 0.6) is 5.75 Å². The number of rotatable bonds is 10. The number of carbonyl (C=O) groups is 1. The molecule has 2 rings (SSSR count). The molecule has 0 fully saturated rings. The van der Waals surface area contributed by atoms with Gasteiger partial charge in [-0.3, -0.25) is 4.79 Å². The Hall–Kier alpha value is -2.18. The van der Waals surface area contributed by atoms with Crippen LogP contribution in [0.1, 0.15) is 82.2 Å². The van der Waals surface area contributed by atoms with Crippen LogP contribution in [0.15, 0.2) is 36.4 Å². The molecular weight excluding hydrogens is 446 g/mol.